The molecule has 0 bridgehead atoms. The van der Waals surface area contributed by atoms with Gasteiger partial charge in [0.15, 0.2) is 0 Å². The van der Waals surface area contributed by atoms with E-state index in [9.17, 15) is 4.79 Å². The van der Waals surface area contributed by atoms with E-state index < -0.39 is 0 Å². The summed E-state index contributed by atoms with van der Waals surface area (Å²) in [4.78, 5) is 15.4. The van der Waals surface area contributed by atoms with Crippen molar-refractivity contribution in [2.75, 3.05) is 18.8 Å². The van der Waals surface area contributed by atoms with Gasteiger partial charge in [-0.15, -0.1) is 0 Å². The summed E-state index contributed by atoms with van der Waals surface area (Å²) in [5, 5.41) is 3.35. The summed E-state index contributed by atoms with van der Waals surface area (Å²) < 4.78 is 0. The summed E-state index contributed by atoms with van der Waals surface area (Å²) in [5.41, 5.74) is 9.29. The number of amides is 1. The Balaban J connectivity index is 1.74. The van der Waals surface area contributed by atoms with Gasteiger partial charge >= 0.3 is 0 Å². The van der Waals surface area contributed by atoms with Crippen LogP contribution in [0.5, 0.6) is 0 Å². The molecule has 2 unspecified atom stereocenters. The number of nitrogen functional groups attached to an aromatic ring is 1. The van der Waals surface area contributed by atoms with Crippen molar-refractivity contribution < 1.29 is 4.79 Å². The van der Waals surface area contributed by atoms with Gasteiger partial charge < -0.3 is 11.1 Å². The van der Waals surface area contributed by atoms with E-state index in [1.54, 1.807) is 0 Å². The van der Waals surface area contributed by atoms with Gasteiger partial charge in [-0.2, -0.15) is 0 Å². The van der Waals surface area contributed by atoms with Crippen LogP contribution in [-0.4, -0.2) is 29.9 Å². The van der Waals surface area contributed by atoms with Gasteiger partial charge in [0, 0.05) is 5.69 Å². The number of carbonyl (C=O) groups excluding carboxylic acids is 1. The molecule has 1 aliphatic carbocycles. The van der Waals surface area contributed by atoms with Crippen LogP contribution in [0.2, 0.25) is 0 Å². The molecule has 4 nitrogen and oxygen atoms in total. The number of nitrogens with two attached hydrogens (primary N) is 1. The highest BCUT2D eigenvalue weighted by Crippen LogP contribution is 2.31. The largest absolute Gasteiger partial charge is 0.399 e. The minimum absolute atomic E-state index is 0.00976. The third kappa shape index (κ3) is 3.75. The van der Waals surface area contributed by atoms with Crippen molar-refractivity contribution in [2.45, 2.75) is 64.5 Å². The number of likely N-dealkylation sites (tertiary alicyclic amines) is 1. The highest BCUT2D eigenvalue weighted by Gasteiger charge is 2.32. The number of anilines is 1. The summed E-state index contributed by atoms with van der Waals surface area (Å²) >= 11 is 0. The van der Waals surface area contributed by atoms with Gasteiger partial charge in [-0.1, -0.05) is 26.3 Å². The zero-order valence-corrected chi connectivity index (χ0v) is 15.1. The Morgan fingerprint density at radius 1 is 1.21 bits per heavy atom. The first-order chi connectivity index (χ1) is 11.6. The Morgan fingerprint density at radius 2 is 1.96 bits per heavy atom. The van der Waals surface area contributed by atoms with Gasteiger partial charge in [-0.05, 0) is 74.4 Å². The van der Waals surface area contributed by atoms with Crippen LogP contribution in [-0.2, 0) is 11.2 Å². The average Bonchev–Trinajstić information content (AvgIpc) is 2.55. The Labute approximate surface area is 145 Å². The number of fused-ring (bicyclic) bond motifs is 1. The quantitative estimate of drug-likeness (QED) is 0.834. The molecule has 1 amide bonds. The number of nitrogens with one attached hydrogen (secondary N) is 1. The Morgan fingerprint density at radius 3 is 2.67 bits per heavy atom. The van der Waals surface area contributed by atoms with Gasteiger partial charge in [0.25, 0.3) is 0 Å². The second-order valence-corrected chi connectivity index (χ2v) is 7.70. The fourth-order valence-electron chi connectivity index (χ4n) is 4.33. The first kappa shape index (κ1) is 17.3. The van der Waals surface area contributed by atoms with Crippen LogP contribution in [0.25, 0.3) is 0 Å². The highest BCUT2D eigenvalue weighted by molar-refractivity contribution is 5.82. The van der Waals surface area contributed by atoms with Crippen LogP contribution in [0.4, 0.5) is 5.69 Å². The maximum atomic E-state index is 13.1. The van der Waals surface area contributed by atoms with Gasteiger partial charge in [0.05, 0.1) is 12.1 Å². The fourth-order valence-corrected chi connectivity index (χ4v) is 4.33. The van der Waals surface area contributed by atoms with E-state index in [1.807, 2.05) is 6.07 Å². The smallest absolute Gasteiger partial charge is 0.238 e. The molecular formula is C20H31N3O. The van der Waals surface area contributed by atoms with E-state index >= 15 is 0 Å². The number of carbonyl (C=O) groups is 1. The lowest BCUT2D eigenvalue weighted by Gasteiger charge is -2.37. The first-order valence-electron chi connectivity index (χ1n) is 9.49. The van der Waals surface area contributed by atoms with E-state index in [2.05, 4.69) is 36.2 Å². The van der Waals surface area contributed by atoms with Crippen molar-refractivity contribution in [3.8, 4) is 0 Å². The van der Waals surface area contributed by atoms with Crippen LogP contribution < -0.4 is 11.1 Å². The number of hydrogen-bond donors (Lipinski definition) is 2. The van der Waals surface area contributed by atoms with Crippen molar-refractivity contribution in [1.82, 2.24) is 10.2 Å². The third-order valence-corrected chi connectivity index (χ3v) is 5.48. The fraction of sp³-hybridized carbons (Fsp3) is 0.650. The van der Waals surface area contributed by atoms with Crippen LogP contribution in [0, 0.1) is 5.92 Å². The topological polar surface area (TPSA) is 58.4 Å². The number of piperidine rings is 1. The van der Waals surface area contributed by atoms with Crippen LogP contribution in [0.15, 0.2) is 18.2 Å². The van der Waals surface area contributed by atoms with E-state index in [1.165, 1.54) is 30.4 Å². The lowest BCUT2D eigenvalue weighted by molar-refractivity contribution is -0.129. The number of aryl methyl sites for hydroxylation is 1. The zero-order chi connectivity index (χ0) is 17.1. The molecule has 4 heteroatoms. The van der Waals surface area contributed by atoms with Crippen molar-refractivity contribution in [2.24, 2.45) is 5.92 Å². The molecule has 3 N–H and O–H groups in total. The highest BCUT2D eigenvalue weighted by atomic mass is 16.2. The van der Waals surface area contributed by atoms with Gasteiger partial charge in [0.1, 0.15) is 0 Å². The average molecular weight is 329 g/mol. The van der Waals surface area contributed by atoms with E-state index in [0.717, 1.165) is 38.0 Å². The molecule has 1 saturated heterocycles. The molecule has 132 valence electrons. The Kier molecular flexibility index (Phi) is 5.44. The van der Waals surface area contributed by atoms with E-state index in [-0.39, 0.29) is 18.0 Å². The molecule has 0 saturated carbocycles. The maximum Gasteiger partial charge on any atom is 0.238 e. The minimum Gasteiger partial charge on any atom is -0.399 e. The molecular weight excluding hydrogens is 298 g/mol. The molecule has 2 aliphatic rings. The summed E-state index contributed by atoms with van der Waals surface area (Å²) in [7, 11) is 0. The lowest BCUT2D eigenvalue weighted by Crippen LogP contribution is -2.52. The standard InChI is InChI=1S/C20H31N3O/c1-14(2)19(23-11-4-3-5-12-23)20(24)22-18-8-6-7-15-13-16(21)9-10-17(15)18/h9-10,13-14,18-19H,3-8,11-12,21H2,1-2H3,(H,22,24). The minimum atomic E-state index is -0.00976. The summed E-state index contributed by atoms with van der Waals surface area (Å²) in [6.07, 6.45) is 6.90. The first-order valence-corrected chi connectivity index (χ1v) is 9.49. The monoisotopic (exact) mass is 329 g/mol. The van der Waals surface area contributed by atoms with Gasteiger partial charge in [-0.25, -0.2) is 0 Å². The lowest BCUT2D eigenvalue weighted by atomic mass is 9.87. The number of benzene rings is 1. The Hall–Kier alpha value is -1.55. The van der Waals surface area contributed by atoms with Crippen LogP contribution >= 0.6 is 0 Å². The summed E-state index contributed by atoms with van der Waals surface area (Å²) in [6, 6.07) is 6.24. The molecule has 1 fully saturated rings. The molecule has 3 rings (SSSR count). The molecule has 24 heavy (non-hydrogen) atoms. The van der Waals surface area contributed by atoms with Crippen LogP contribution in [0.3, 0.4) is 0 Å². The number of rotatable bonds is 4. The van der Waals surface area contributed by atoms with Crippen molar-refractivity contribution in [3.05, 3.63) is 29.3 Å². The number of nitrogens with zero attached hydrogens (tertiary/aromatic N) is 1. The van der Waals surface area contributed by atoms with Crippen molar-refractivity contribution in [3.63, 3.8) is 0 Å². The Bertz CT molecular complexity index is 578. The molecule has 0 radical (unpaired) electrons. The molecule has 0 aromatic heterocycles. The van der Waals surface area contributed by atoms with Gasteiger partial charge in [0.2, 0.25) is 5.91 Å². The second kappa shape index (κ2) is 7.56. The molecule has 1 aromatic rings. The summed E-state index contributed by atoms with van der Waals surface area (Å²) in [6.45, 7) is 6.42. The molecule has 1 aliphatic heterocycles. The predicted octanol–water partition coefficient (Wildman–Crippen LogP) is 3.27. The number of hydrogen-bond acceptors (Lipinski definition) is 3. The molecule has 1 heterocycles. The predicted molar refractivity (Wildman–Crippen MR) is 98.7 cm³/mol. The SMILES string of the molecule is CC(C)C(C(=O)NC1CCCc2cc(N)ccc21)N1CCCCC1. The third-order valence-electron chi connectivity index (χ3n) is 5.48. The maximum absolute atomic E-state index is 13.1. The molecule has 2 atom stereocenters. The second-order valence-electron chi connectivity index (χ2n) is 7.70. The van der Waals surface area contributed by atoms with Crippen molar-refractivity contribution in [1.29, 1.82) is 0 Å². The molecule has 0 spiro atoms. The van der Waals surface area contributed by atoms with Crippen molar-refractivity contribution >= 4 is 11.6 Å². The van der Waals surface area contributed by atoms with E-state index in [4.69, 9.17) is 5.73 Å². The normalized spacial score (nSPS) is 22.9. The zero-order valence-electron chi connectivity index (χ0n) is 15.1. The molecule has 1 aromatic carbocycles. The summed E-state index contributed by atoms with van der Waals surface area (Å²) in [5.74, 6) is 0.527. The van der Waals surface area contributed by atoms with E-state index in [0.29, 0.717) is 5.92 Å². The van der Waals surface area contributed by atoms with Gasteiger partial charge in [-0.3, -0.25) is 9.69 Å². The van der Waals surface area contributed by atoms with Crippen LogP contribution in [0.1, 0.15) is 63.1 Å².